The van der Waals surface area contributed by atoms with Crippen molar-refractivity contribution in [3.63, 3.8) is 0 Å². The van der Waals surface area contributed by atoms with Crippen LogP contribution in [-0.4, -0.2) is 22.1 Å². The first-order valence-electron chi connectivity index (χ1n) is 4.75. The molecule has 0 unspecified atom stereocenters. The highest BCUT2D eigenvalue weighted by molar-refractivity contribution is 5.59. The Labute approximate surface area is 92.9 Å². The third-order valence-corrected chi connectivity index (χ3v) is 2.22. The van der Waals surface area contributed by atoms with E-state index in [0.717, 1.165) is 17.0 Å². The topological polar surface area (TPSA) is 63.7 Å². The molecule has 0 spiro atoms. The Hall–Kier alpha value is -2.35. The number of hydrogen-bond acceptors (Lipinski definition) is 4. The molecule has 80 valence electrons. The molecule has 5 heteroatoms. The van der Waals surface area contributed by atoms with Crippen LogP contribution in [-0.2, 0) is 6.54 Å². The standard InChI is InChI=1S/C11H10N4O/c1-16-10-4-2-9(3-5-10)11-8-13-14-15(11)7-6-12/h2-5,8H,7H2,1H3. The van der Waals surface area contributed by atoms with Crippen LogP contribution < -0.4 is 4.74 Å². The molecule has 2 aromatic rings. The van der Waals surface area contributed by atoms with Gasteiger partial charge in [0.15, 0.2) is 0 Å². The maximum atomic E-state index is 8.63. The van der Waals surface area contributed by atoms with Crippen LogP contribution in [0, 0.1) is 11.3 Å². The molecule has 16 heavy (non-hydrogen) atoms. The first-order chi connectivity index (χ1) is 7.85. The average Bonchev–Trinajstić information content (AvgIpc) is 2.78. The first-order valence-corrected chi connectivity index (χ1v) is 4.75. The Balaban J connectivity index is 2.35. The molecule has 0 atom stereocenters. The van der Waals surface area contributed by atoms with E-state index >= 15 is 0 Å². The van der Waals surface area contributed by atoms with Crippen LogP contribution in [0.4, 0.5) is 0 Å². The van der Waals surface area contributed by atoms with Crippen molar-refractivity contribution in [2.24, 2.45) is 0 Å². The van der Waals surface area contributed by atoms with E-state index in [1.54, 1.807) is 18.0 Å². The third kappa shape index (κ3) is 1.86. The number of nitriles is 1. The Morgan fingerprint density at radius 3 is 2.75 bits per heavy atom. The molecule has 0 amide bonds. The van der Waals surface area contributed by atoms with Crippen molar-refractivity contribution < 1.29 is 4.74 Å². The van der Waals surface area contributed by atoms with Gasteiger partial charge in [0.05, 0.1) is 25.1 Å². The molecule has 0 saturated heterocycles. The molecule has 0 aliphatic heterocycles. The minimum atomic E-state index is 0.196. The summed E-state index contributed by atoms with van der Waals surface area (Å²) in [5.41, 5.74) is 1.78. The number of nitrogens with zero attached hydrogens (tertiary/aromatic N) is 4. The first kappa shape index (κ1) is 10.2. The number of rotatable bonds is 3. The fourth-order valence-electron chi connectivity index (χ4n) is 1.43. The van der Waals surface area contributed by atoms with E-state index in [4.69, 9.17) is 10.00 Å². The average molecular weight is 214 g/mol. The number of aromatic nitrogens is 3. The van der Waals surface area contributed by atoms with Gasteiger partial charge in [-0.1, -0.05) is 5.21 Å². The van der Waals surface area contributed by atoms with Gasteiger partial charge >= 0.3 is 0 Å². The Bertz CT molecular complexity index is 510. The zero-order chi connectivity index (χ0) is 11.4. The summed E-state index contributed by atoms with van der Waals surface area (Å²) in [6.45, 7) is 0.196. The van der Waals surface area contributed by atoms with Crippen molar-refractivity contribution in [3.05, 3.63) is 30.5 Å². The van der Waals surface area contributed by atoms with Crippen molar-refractivity contribution in [3.8, 4) is 23.1 Å². The Morgan fingerprint density at radius 2 is 2.12 bits per heavy atom. The summed E-state index contributed by atoms with van der Waals surface area (Å²) < 4.78 is 6.63. The van der Waals surface area contributed by atoms with Crippen LogP contribution >= 0.6 is 0 Å². The second-order valence-corrected chi connectivity index (χ2v) is 3.16. The summed E-state index contributed by atoms with van der Waals surface area (Å²) in [6.07, 6.45) is 1.64. The molecule has 1 aromatic carbocycles. The predicted molar refractivity (Wildman–Crippen MR) is 57.6 cm³/mol. The molecule has 0 fully saturated rings. The van der Waals surface area contributed by atoms with Gasteiger partial charge in [0.1, 0.15) is 12.3 Å². The number of ether oxygens (including phenoxy) is 1. The van der Waals surface area contributed by atoms with Gasteiger partial charge in [0, 0.05) is 5.56 Å². The molecular weight excluding hydrogens is 204 g/mol. The van der Waals surface area contributed by atoms with Crippen molar-refractivity contribution in [1.29, 1.82) is 5.26 Å². The molecule has 0 aliphatic carbocycles. The van der Waals surface area contributed by atoms with Gasteiger partial charge < -0.3 is 4.74 Å². The van der Waals surface area contributed by atoms with Gasteiger partial charge in [-0.3, -0.25) is 0 Å². The van der Waals surface area contributed by atoms with E-state index in [1.165, 1.54) is 0 Å². The summed E-state index contributed by atoms with van der Waals surface area (Å²) in [4.78, 5) is 0. The lowest BCUT2D eigenvalue weighted by Crippen LogP contribution is -2.00. The van der Waals surface area contributed by atoms with Crippen molar-refractivity contribution in [2.75, 3.05) is 7.11 Å². The van der Waals surface area contributed by atoms with Gasteiger partial charge in [0.25, 0.3) is 0 Å². The van der Waals surface area contributed by atoms with Crippen LogP contribution in [0.2, 0.25) is 0 Å². The van der Waals surface area contributed by atoms with Crippen molar-refractivity contribution in [2.45, 2.75) is 6.54 Å². The molecular formula is C11H10N4O. The van der Waals surface area contributed by atoms with E-state index in [2.05, 4.69) is 10.3 Å². The van der Waals surface area contributed by atoms with E-state index in [9.17, 15) is 0 Å². The van der Waals surface area contributed by atoms with Gasteiger partial charge in [-0.15, -0.1) is 5.10 Å². The van der Waals surface area contributed by atoms with Crippen molar-refractivity contribution >= 4 is 0 Å². The lowest BCUT2D eigenvalue weighted by molar-refractivity contribution is 0.415. The zero-order valence-electron chi connectivity index (χ0n) is 8.79. The highest BCUT2D eigenvalue weighted by Gasteiger charge is 2.05. The fourth-order valence-corrected chi connectivity index (χ4v) is 1.43. The summed E-state index contributed by atoms with van der Waals surface area (Å²) in [6, 6.07) is 9.58. The molecule has 0 N–H and O–H groups in total. The molecule has 0 aliphatic rings. The second-order valence-electron chi connectivity index (χ2n) is 3.16. The van der Waals surface area contributed by atoms with Gasteiger partial charge in [0.2, 0.25) is 0 Å². The Kier molecular flexibility index (Phi) is 2.83. The monoisotopic (exact) mass is 214 g/mol. The zero-order valence-corrected chi connectivity index (χ0v) is 8.79. The van der Waals surface area contributed by atoms with Crippen LogP contribution in [0.15, 0.2) is 30.5 Å². The van der Waals surface area contributed by atoms with E-state index in [1.807, 2.05) is 30.3 Å². The minimum absolute atomic E-state index is 0.196. The molecule has 1 aromatic heterocycles. The van der Waals surface area contributed by atoms with E-state index in [-0.39, 0.29) is 6.54 Å². The molecule has 5 nitrogen and oxygen atoms in total. The fraction of sp³-hybridized carbons (Fsp3) is 0.182. The summed E-state index contributed by atoms with van der Waals surface area (Å²) in [5.74, 6) is 0.794. The number of benzene rings is 1. The number of methoxy groups -OCH3 is 1. The highest BCUT2D eigenvalue weighted by atomic mass is 16.5. The quantitative estimate of drug-likeness (QED) is 0.776. The van der Waals surface area contributed by atoms with Gasteiger partial charge in [-0.25, -0.2) is 4.68 Å². The maximum Gasteiger partial charge on any atom is 0.130 e. The van der Waals surface area contributed by atoms with Gasteiger partial charge in [-0.2, -0.15) is 5.26 Å². The molecule has 2 rings (SSSR count). The van der Waals surface area contributed by atoms with Gasteiger partial charge in [-0.05, 0) is 24.3 Å². The number of hydrogen-bond donors (Lipinski definition) is 0. The van der Waals surface area contributed by atoms with E-state index in [0.29, 0.717) is 0 Å². The maximum absolute atomic E-state index is 8.63. The Morgan fingerprint density at radius 1 is 1.38 bits per heavy atom. The SMILES string of the molecule is COc1ccc(-c2cnnn2CC#N)cc1. The van der Waals surface area contributed by atoms with Crippen molar-refractivity contribution in [1.82, 2.24) is 15.0 Å². The molecule has 0 radical (unpaired) electrons. The van der Waals surface area contributed by atoms with E-state index < -0.39 is 0 Å². The summed E-state index contributed by atoms with van der Waals surface area (Å²) in [7, 11) is 1.62. The summed E-state index contributed by atoms with van der Waals surface area (Å²) >= 11 is 0. The lowest BCUT2D eigenvalue weighted by atomic mass is 10.1. The largest absolute Gasteiger partial charge is 0.497 e. The normalized spacial score (nSPS) is 9.75. The molecule has 0 saturated carbocycles. The van der Waals surface area contributed by atoms with Crippen LogP contribution in [0.1, 0.15) is 0 Å². The van der Waals surface area contributed by atoms with Crippen LogP contribution in [0.5, 0.6) is 5.75 Å². The lowest BCUT2D eigenvalue weighted by Gasteiger charge is -2.03. The molecule has 1 heterocycles. The predicted octanol–water partition coefficient (Wildman–Crippen LogP) is 1.48. The second kappa shape index (κ2) is 4.45. The highest BCUT2D eigenvalue weighted by Crippen LogP contribution is 2.21. The minimum Gasteiger partial charge on any atom is -0.497 e. The summed E-state index contributed by atoms with van der Waals surface area (Å²) in [5, 5.41) is 16.3. The third-order valence-electron chi connectivity index (χ3n) is 2.22. The van der Waals surface area contributed by atoms with Crippen LogP contribution in [0.3, 0.4) is 0 Å². The van der Waals surface area contributed by atoms with Crippen LogP contribution in [0.25, 0.3) is 11.3 Å². The smallest absolute Gasteiger partial charge is 0.130 e. The molecule has 0 bridgehead atoms.